The average Bonchev–Trinajstić information content (AvgIpc) is 3.39. The van der Waals surface area contributed by atoms with E-state index >= 15 is 0 Å². The van der Waals surface area contributed by atoms with E-state index in [0.29, 0.717) is 12.0 Å². The maximum atomic E-state index is 13.8. The number of carboxylic acid groups (broad SMARTS) is 1. The lowest BCUT2D eigenvalue weighted by Gasteiger charge is -2.26. The third kappa shape index (κ3) is 5.01. The van der Waals surface area contributed by atoms with Gasteiger partial charge in [0, 0.05) is 29.8 Å². The molecular weight excluding hydrogens is 502 g/mol. The predicted octanol–water partition coefficient (Wildman–Crippen LogP) is 5.75. The molecule has 2 N–H and O–H groups in total. The van der Waals surface area contributed by atoms with Gasteiger partial charge < -0.3 is 15.3 Å². The summed E-state index contributed by atoms with van der Waals surface area (Å²) in [4.78, 5) is 35.2. The number of carbonyl (C=O) groups excluding carboxylic acids is 1. The molecule has 7 nitrogen and oxygen atoms in total. The second-order valence-electron chi connectivity index (χ2n) is 10.1. The van der Waals surface area contributed by atoms with Crippen molar-refractivity contribution in [3.8, 4) is 0 Å². The molecule has 1 aromatic heterocycles. The van der Waals surface area contributed by atoms with Crippen molar-refractivity contribution in [2.24, 2.45) is 11.1 Å². The van der Waals surface area contributed by atoms with Gasteiger partial charge in [-0.15, -0.1) is 0 Å². The fourth-order valence-corrected chi connectivity index (χ4v) is 5.29. The van der Waals surface area contributed by atoms with Crippen LogP contribution in [0.3, 0.4) is 0 Å². The van der Waals surface area contributed by atoms with Gasteiger partial charge in [0.15, 0.2) is 6.10 Å². The third-order valence-electron chi connectivity index (χ3n) is 7.43. The number of aromatic nitrogens is 1. The van der Waals surface area contributed by atoms with Crippen molar-refractivity contribution in [2.45, 2.75) is 25.5 Å². The molecule has 0 spiro atoms. The number of hydrogen-bond donors (Lipinski definition) is 2. The number of carboxylic acids is 1. The second kappa shape index (κ2) is 10.6. The lowest BCUT2D eigenvalue weighted by atomic mass is 9.79. The van der Waals surface area contributed by atoms with Crippen molar-refractivity contribution in [1.29, 1.82) is 0 Å². The molecule has 2 aliphatic rings. The van der Waals surface area contributed by atoms with Crippen LogP contribution in [0.4, 0.5) is 0 Å². The van der Waals surface area contributed by atoms with Crippen molar-refractivity contribution < 1.29 is 19.5 Å². The normalized spacial score (nSPS) is 18.6. The molecular formula is C33H27N3O4. The zero-order valence-corrected chi connectivity index (χ0v) is 21.8. The highest BCUT2D eigenvalue weighted by atomic mass is 16.6. The molecule has 0 bridgehead atoms. The summed E-state index contributed by atoms with van der Waals surface area (Å²) in [6, 6.07) is 24.3. The lowest BCUT2D eigenvalue weighted by molar-refractivity contribution is -0.118. The molecule has 198 valence electrons. The second-order valence-corrected chi connectivity index (χ2v) is 10.1. The van der Waals surface area contributed by atoms with Crippen LogP contribution >= 0.6 is 0 Å². The summed E-state index contributed by atoms with van der Waals surface area (Å²) in [5.41, 5.74) is 5.34. The van der Waals surface area contributed by atoms with E-state index in [2.05, 4.69) is 33.7 Å². The van der Waals surface area contributed by atoms with Crippen molar-refractivity contribution in [3.05, 3.63) is 131 Å². The summed E-state index contributed by atoms with van der Waals surface area (Å²) in [7, 11) is 0. The van der Waals surface area contributed by atoms with Gasteiger partial charge >= 0.3 is 5.97 Å². The molecule has 2 unspecified atom stereocenters. The number of hydrogen-bond acceptors (Lipinski definition) is 5. The number of oxime groups is 1. The van der Waals surface area contributed by atoms with E-state index in [1.807, 2.05) is 61.7 Å². The van der Waals surface area contributed by atoms with Crippen LogP contribution in [-0.4, -0.2) is 33.8 Å². The van der Waals surface area contributed by atoms with E-state index < -0.39 is 12.1 Å². The first-order valence-electron chi connectivity index (χ1n) is 13.1. The average molecular weight is 530 g/mol. The Morgan fingerprint density at radius 1 is 1.00 bits per heavy atom. The summed E-state index contributed by atoms with van der Waals surface area (Å²) in [6.07, 6.45) is 7.72. The van der Waals surface area contributed by atoms with Crippen LogP contribution < -0.4 is 5.32 Å². The van der Waals surface area contributed by atoms with Gasteiger partial charge in [0.1, 0.15) is 0 Å². The Kier molecular flexibility index (Phi) is 6.70. The Hall–Kier alpha value is -5.04. The molecule has 6 rings (SSSR count). The van der Waals surface area contributed by atoms with E-state index in [0.717, 1.165) is 38.7 Å². The highest BCUT2D eigenvalue weighted by molar-refractivity contribution is 6.07. The number of amides is 1. The number of benzene rings is 3. The Labute approximate surface area is 231 Å². The van der Waals surface area contributed by atoms with Crippen LogP contribution in [0.1, 0.15) is 40.0 Å². The first kappa shape index (κ1) is 25.2. The number of nitrogens with one attached hydrogen (secondary N) is 1. The number of fused-ring (bicyclic) bond motifs is 2. The molecule has 1 aliphatic carbocycles. The number of nitrogens with zero attached hydrogens (tertiary/aromatic N) is 2. The van der Waals surface area contributed by atoms with E-state index in [9.17, 15) is 14.7 Å². The molecule has 4 aromatic rings. The van der Waals surface area contributed by atoms with Crippen molar-refractivity contribution in [1.82, 2.24) is 10.3 Å². The maximum absolute atomic E-state index is 13.8. The predicted molar refractivity (Wildman–Crippen MR) is 154 cm³/mol. The molecule has 40 heavy (non-hydrogen) atoms. The number of pyridine rings is 1. The minimum atomic E-state index is -0.988. The van der Waals surface area contributed by atoms with Gasteiger partial charge in [0.25, 0.3) is 0 Å². The zero-order valence-electron chi connectivity index (χ0n) is 21.8. The first-order valence-corrected chi connectivity index (χ1v) is 13.1. The van der Waals surface area contributed by atoms with Crippen LogP contribution in [-0.2, 0) is 16.1 Å². The van der Waals surface area contributed by atoms with E-state index in [1.165, 1.54) is 0 Å². The summed E-state index contributed by atoms with van der Waals surface area (Å²) in [5.74, 6) is -1.54. The topological polar surface area (TPSA) is 101 Å². The fourth-order valence-electron chi connectivity index (χ4n) is 5.29. The van der Waals surface area contributed by atoms with E-state index in [-0.39, 0.29) is 23.4 Å². The molecule has 7 heteroatoms. The van der Waals surface area contributed by atoms with Gasteiger partial charge in [-0.3, -0.25) is 9.78 Å². The molecule has 1 amide bonds. The Morgan fingerprint density at radius 3 is 2.58 bits per heavy atom. The van der Waals surface area contributed by atoms with Crippen LogP contribution in [0.5, 0.6) is 0 Å². The number of allylic oxidation sites excluding steroid dienone is 2. The smallest absolute Gasteiger partial charge is 0.335 e. The molecule has 1 aliphatic heterocycles. The maximum Gasteiger partial charge on any atom is 0.335 e. The van der Waals surface area contributed by atoms with Gasteiger partial charge in [-0.25, -0.2) is 4.79 Å². The molecule has 3 atom stereocenters. The van der Waals surface area contributed by atoms with Crippen molar-refractivity contribution in [2.75, 3.05) is 0 Å². The largest absolute Gasteiger partial charge is 0.478 e. The summed E-state index contributed by atoms with van der Waals surface area (Å²) >= 11 is 0. The van der Waals surface area contributed by atoms with Gasteiger partial charge in [0.2, 0.25) is 5.91 Å². The molecule has 2 heterocycles. The summed E-state index contributed by atoms with van der Waals surface area (Å²) in [6.45, 7) is 1.88. The molecule has 0 saturated heterocycles. The zero-order chi connectivity index (χ0) is 27.6. The molecule has 0 radical (unpaired) electrons. The monoisotopic (exact) mass is 529 g/mol. The Bertz CT molecular complexity index is 1690. The number of rotatable bonds is 7. The minimum absolute atomic E-state index is 0.200. The SMILES string of the molecule is C[C@H](NC(=O)C1=CC(c2ccccc2)=CC2ON=C(Cc3ccc4ccncc4c3)C12)c1ccc(C(=O)O)cc1. The lowest BCUT2D eigenvalue weighted by Crippen LogP contribution is -2.37. The molecule has 3 aromatic carbocycles. The van der Waals surface area contributed by atoms with Gasteiger partial charge in [-0.05, 0) is 71.0 Å². The fraction of sp³-hybridized carbons (Fsp3) is 0.152. The number of carbonyl (C=O) groups is 2. The van der Waals surface area contributed by atoms with Gasteiger partial charge in [-0.2, -0.15) is 0 Å². The standard InChI is InChI=1S/C33H27N3O4/c1-20(22-9-11-25(12-10-22)33(38)39)35-32(37)28-17-26(23-5-3-2-4-6-23)18-30-31(28)29(36-40-30)16-21-7-8-24-13-14-34-19-27(24)15-21/h2-15,17-20,30-31H,16H2,1H3,(H,35,37)(H,38,39)/t20-,30?,31?/m0/s1. The van der Waals surface area contributed by atoms with Crippen molar-refractivity contribution >= 4 is 33.9 Å². The van der Waals surface area contributed by atoms with E-state index in [4.69, 9.17) is 4.84 Å². The molecule has 0 saturated carbocycles. The summed E-state index contributed by atoms with van der Waals surface area (Å²) < 4.78 is 0. The Balaban J connectivity index is 1.29. The highest BCUT2D eigenvalue weighted by Gasteiger charge is 2.41. The van der Waals surface area contributed by atoms with Crippen molar-refractivity contribution in [3.63, 3.8) is 0 Å². The van der Waals surface area contributed by atoms with E-state index in [1.54, 1.807) is 30.5 Å². The Morgan fingerprint density at radius 2 is 1.80 bits per heavy atom. The van der Waals surface area contributed by atoms with Gasteiger partial charge in [0.05, 0.1) is 23.2 Å². The highest BCUT2D eigenvalue weighted by Crippen LogP contribution is 2.37. The van der Waals surface area contributed by atoms with Crippen LogP contribution in [0.2, 0.25) is 0 Å². The quantitative estimate of drug-likeness (QED) is 0.318. The third-order valence-corrected chi connectivity index (χ3v) is 7.43. The van der Waals surface area contributed by atoms with Crippen LogP contribution in [0, 0.1) is 5.92 Å². The molecule has 0 fully saturated rings. The van der Waals surface area contributed by atoms with Crippen LogP contribution in [0.25, 0.3) is 16.3 Å². The van der Waals surface area contributed by atoms with Crippen LogP contribution in [0.15, 0.2) is 114 Å². The van der Waals surface area contributed by atoms with Gasteiger partial charge in [-0.1, -0.05) is 59.8 Å². The first-order chi connectivity index (χ1) is 19.5. The number of aromatic carboxylic acids is 1. The minimum Gasteiger partial charge on any atom is -0.478 e. The summed E-state index contributed by atoms with van der Waals surface area (Å²) in [5, 5.41) is 18.9.